The van der Waals surface area contributed by atoms with E-state index in [9.17, 15) is 5.11 Å². The van der Waals surface area contributed by atoms with Crippen LogP contribution in [0.2, 0.25) is 0 Å². The number of guanidine groups is 1. The monoisotopic (exact) mass is 354 g/mol. The minimum atomic E-state index is 0.252. The summed E-state index contributed by atoms with van der Waals surface area (Å²) in [5.41, 5.74) is 2.05. The van der Waals surface area contributed by atoms with Crippen molar-refractivity contribution in [3.8, 4) is 11.5 Å². The van der Waals surface area contributed by atoms with Gasteiger partial charge in [-0.25, -0.2) is 0 Å². The lowest BCUT2D eigenvalue weighted by Crippen LogP contribution is -2.52. The molecular weight excluding hydrogens is 328 g/mol. The molecule has 6 heteroatoms. The summed E-state index contributed by atoms with van der Waals surface area (Å²) in [7, 11) is 3.41. The molecule has 1 fully saturated rings. The number of ether oxygens (including phenoxy) is 1. The first-order valence-corrected chi connectivity index (χ1v) is 8.82. The Balaban J connectivity index is 1.57. The molecule has 2 N–H and O–H groups in total. The van der Waals surface area contributed by atoms with Crippen molar-refractivity contribution in [2.75, 3.05) is 45.2 Å². The van der Waals surface area contributed by atoms with Gasteiger partial charge in [-0.2, -0.15) is 0 Å². The number of phenolic OH excluding ortho intramolecular Hbond substituents is 1. The fourth-order valence-electron chi connectivity index (χ4n) is 3.15. The Morgan fingerprint density at radius 2 is 1.85 bits per heavy atom. The van der Waals surface area contributed by atoms with Crippen molar-refractivity contribution >= 4 is 11.6 Å². The smallest absolute Gasteiger partial charge is 0.194 e. The van der Waals surface area contributed by atoms with Gasteiger partial charge < -0.3 is 25.0 Å². The Kier molecular flexibility index (Phi) is 5.84. The summed E-state index contributed by atoms with van der Waals surface area (Å²) in [5, 5.41) is 13.4. The number of anilines is 1. The largest absolute Gasteiger partial charge is 0.508 e. The molecule has 2 aromatic carbocycles. The number of rotatable bonds is 4. The van der Waals surface area contributed by atoms with E-state index in [-0.39, 0.29) is 5.75 Å². The van der Waals surface area contributed by atoms with E-state index in [2.05, 4.69) is 44.4 Å². The molecule has 1 aliphatic rings. The van der Waals surface area contributed by atoms with Crippen LogP contribution in [0, 0.1) is 0 Å². The zero-order valence-electron chi connectivity index (χ0n) is 15.4. The molecule has 1 aliphatic heterocycles. The van der Waals surface area contributed by atoms with Crippen LogP contribution in [-0.2, 0) is 6.54 Å². The van der Waals surface area contributed by atoms with Crippen LogP contribution in [0.1, 0.15) is 5.56 Å². The fourth-order valence-corrected chi connectivity index (χ4v) is 3.15. The van der Waals surface area contributed by atoms with Gasteiger partial charge in [-0.05, 0) is 30.3 Å². The standard InChI is InChI=1S/C20H26N4O2/c1-21-20(22-15-16-14-18(26-2)8-9-19(16)25)24-12-10-23(11-13-24)17-6-4-3-5-7-17/h3-9,14,25H,10-13,15H2,1-2H3,(H,21,22). The number of aromatic hydroxyl groups is 1. The number of hydrogen-bond acceptors (Lipinski definition) is 4. The molecule has 0 spiro atoms. The first kappa shape index (κ1) is 17.9. The normalized spacial score (nSPS) is 15.1. The molecule has 0 amide bonds. The van der Waals surface area contributed by atoms with Crippen LogP contribution < -0.4 is 15.0 Å². The summed E-state index contributed by atoms with van der Waals surface area (Å²) >= 11 is 0. The van der Waals surface area contributed by atoms with Gasteiger partial charge >= 0.3 is 0 Å². The number of piperazine rings is 1. The maximum absolute atomic E-state index is 10.0. The Labute approximate surface area is 154 Å². The average molecular weight is 354 g/mol. The molecule has 3 rings (SSSR count). The zero-order valence-corrected chi connectivity index (χ0v) is 15.4. The van der Waals surface area contributed by atoms with Gasteiger partial charge in [-0.1, -0.05) is 18.2 Å². The lowest BCUT2D eigenvalue weighted by molar-refractivity contribution is 0.371. The van der Waals surface area contributed by atoms with Crippen LogP contribution in [0.4, 0.5) is 5.69 Å². The number of methoxy groups -OCH3 is 1. The van der Waals surface area contributed by atoms with Gasteiger partial charge in [0, 0.05) is 51.0 Å². The van der Waals surface area contributed by atoms with Gasteiger partial charge in [0.25, 0.3) is 0 Å². The van der Waals surface area contributed by atoms with Gasteiger partial charge in [0.15, 0.2) is 5.96 Å². The van der Waals surface area contributed by atoms with Crippen LogP contribution in [0.15, 0.2) is 53.5 Å². The second-order valence-corrected chi connectivity index (χ2v) is 6.21. The van der Waals surface area contributed by atoms with Crippen molar-refractivity contribution in [1.29, 1.82) is 0 Å². The summed E-state index contributed by atoms with van der Waals surface area (Å²) in [5.74, 6) is 1.83. The molecule has 138 valence electrons. The highest BCUT2D eigenvalue weighted by Crippen LogP contribution is 2.22. The van der Waals surface area contributed by atoms with Crippen LogP contribution in [0.3, 0.4) is 0 Å². The van der Waals surface area contributed by atoms with E-state index in [0.29, 0.717) is 6.54 Å². The van der Waals surface area contributed by atoms with E-state index >= 15 is 0 Å². The Morgan fingerprint density at radius 3 is 2.50 bits per heavy atom. The predicted molar refractivity (Wildman–Crippen MR) is 105 cm³/mol. The van der Waals surface area contributed by atoms with Crippen LogP contribution in [-0.4, -0.2) is 56.3 Å². The topological polar surface area (TPSA) is 60.3 Å². The molecule has 0 radical (unpaired) electrons. The molecule has 0 saturated carbocycles. The first-order chi connectivity index (χ1) is 12.7. The van der Waals surface area contributed by atoms with Crippen molar-refractivity contribution in [3.63, 3.8) is 0 Å². The molecule has 0 atom stereocenters. The molecule has 0 aliphatic carbocycles. The van der Waals surface area contributed by atoms with Crippen molar-refractivity contribution in [2.24, 2.45) is 4.99 Å². The minimum absolute atomic E-state index is 0.252. The number of hydrogen-bond donors (Lipinski definition) is 2. The highest BCUT2D eigenvalue weighted by atomic mass is 16.5. The van der Waals surface area contributed by atoms with Gasteiger partial charge in [0.05, 0.1) is 7.11 Å². The maximum atomic E-state index is 10.0. The molecule has 1 heterocycles. The summed E-state index contributed by atoms with van der Waals surface area (Å²) in [6, 6.07) is 15.7. The third kappa shape index (κ3) is 4.20. The lowest BCUT2D eigenvalue weighted by Gasteiger charge is -2.37. The van der Waals surface area contributed by atoms with Crippen molar-refractivity contribution < 1.29 is 9.84 Å². The highest BCUT2D eigenvalue weighted by molar-refractivity contribution is 5.80. The SMILES string of the molecule is CN=C(NCc1cc(OC)ccc1O)N1CCN(c2ccccc2)CC1. The Morgan fingerprint density at radius 1 is 1.12 bits per heavy atom. The quantitative estimate of drug-likeness (QED) is 0.652. The van der Waals surface area contributed by atoms with E-state index < -0.39 is 0 Å². The number of nitrogens with one attached hydrogen (secondary N) is 1. The van der Waals surface area contributed by atoms with Crippen molar-refractivity contribution in [1.82, 2.24) is 10.2 Å². The molecule has 6 nitrogen and oxygen atoms in total. The van der Waals surface area contributed by atoms with Gasteiger partial charge in [0.2, 0.25) is 0 Å². The summed E-state index contributed by atoms with van der Waals surface area (Å²) in [4.78, 5) is 9.03. The predicted octanol–water partition coefficient (Wildman–Crippen LogP) is 2.30. The zero-order chi connectivity index (χ0) is 18.4. The number of para-hydroxylation sites is 1. The van der Waals surface area contributed by atoms with Crippen LogP contribution >= 0.6 is 0 Å². The van der Waals surface area contributed by atoms with Crippen LogP contribution in [0.5, 0.6) is 11.5 Å². The molecule has 2 aromatic rings. The van der Waals surface area contributed by atoms with Crippen LogP contribution in [0.25, 0.3) is 0 Å². The van der Waals surface area contributed by atoms with E-state index in [0.717, 1.165) is 43.5 Å². The number of nitrogens with zero attached hydrogens (tertiary/aromatic N) is 3. The van der Waals surface area contributed by atoms with E-state index in [1.807, 2.05) is 12.1 Å². The molecule has 0 aromatic heterocycles. The first-order valence-electron chi connectivity index (χ1n) is 8.82. The highest BCUT2D eigenvalue weighted by Gasteiger charge is 2.19. The van der Waals surface area contributed by atoms with Gasteiger partial charge in [0.1, 0.15) is 11.5 Å². The average Bonchev–Trinajstić information content (AvgIpc) is 2.71. The number of phenols is 1. The second kappa shape index (κ2) is 8.47. The van der Waals surface area contributed by atoms with Gasteiger partial charge in [-0.15, -0.1) is 0 Å². The number of benzene rings is 2. The third-order valence-corrected chi connectivity index (χ3v) is 4.64. The van der Waals surface area contributed by atoms with Gasteiger partial charge in [-0.3, -0.25) is 4.99 Å². The summed E-state index contributed by atoms with van der Waals surface area (Å²) in [6.07, 6.45) is 0. The molecule has 1 saturated heterocycles. The maximum Gasteiger partial charge on any atom is 0.194 e. The van der Waals surface area contributed by atoms with E-state index in [4.69, 9.17) is 4.74 Å². The number of aliphatic imine (C=N–C) groups is 1. The Bertz CT molecular complexity index is 741. The molecule has 0 bridgehead atoms. The van der Waals surface area contributed by atoms with E-state index in [1.54, 1.807) is 26.3 Å². The lowest BCUT2D eigenvalue weighted by atomic mass is 10.2. The molecular formula is C20H26N4O2. The van der Waals surface area contributed by atoms with Crippen molar-refractivity contribution in [2.45, 2.75) is 6.54 Å². The summed E-state index contributed by atoms with van der Waals surface area (Å²) < 4.78 is 5.23. The Hall–Kier alpha value is -2.89. The fraction of sp³-hybridized carbons (Fsp3) is 0.350. The summed E-state index contributed by atoms with van der Waals surface area (Å²) in [6.45, 7) is 4.20. The minimum Gasteiger partial charge on any atom is -0.508 e. The molecule has 26 heavy (non-hydrogen) atoms. The van der Waals surface area contributed by atoms with Crippen molar-refractivity contribution in [3.05, 3.63) is 54.1 Å². The molecule has 0 unspecified atom stereocenters. The van der Waals surface area contributed by atoms with E-state index in [1.165, 1.54) is 5.69 Å². The third-order valence-electron chi connectivity index (χ3n) is 4.64. The second-order valence-electron chi connectivity index (χ2n) is 6.21.